The summed E-state index contributed by atoms with van der Waals surface area (Å²) in [7, 11) is 0. The van der Waals surface area contributed by atoms with Crippen LogP contribution < -0.4 is 0 Å². The Morgan fingerprint density at radius 1 is 1.60 bits per heavy atom. The zero-order valence-electron chi connectivity index (χ0n) is 5.54. The summed E-state index contributed by atoms with van der Waals surface area (Å²) in [5.74, 6) is 2.03. The van der Waals surface area contributed by atoms with Gasteiger partial charge < -0.3 is 4.42 Å². The zero-order chi connectivity index (χ0) is 7.14. The molecular formula is C6H7BrN2O. The minimum Gasteiger partial charge on any atom is -0.415 e. The molecular weight excluding hydrogens is 196 g/mol. The molecule has 0 spiro atoms. The van der Waals surface area contributed by atoms with Crippen LogP contribution in [0.3, 0.4) is 0 Å². The van der Waals surface area contributed by atoms with E-state index in [2.05, 4.69) is 33.1 Å². The van der Waals surface area contributed by atoms with Gasteiger partial charge in [-0.15, -0.1) is 10.2 Å². The van der Waals surface area contributed by atoms with Crippen molar-refractivity contribution < 1.29 is 4.42 Å². The summed E-state index contributed by atoms with van der Waals surface area (Å²) < 4.78 is 5.17. The third-order valence-electron chi connectivity index (χ3n) is 1.84. The van der Waals surface area contributed by atoms with Crippen molar-refractivity contribution in [2.45, 2.75) is 19.3 Å². The van der Waals surface area contributed by atoms with Crippen LogP contribution in [0, 0.1) is 5.92 Å². The van der Waals surface area contributed by atoms with Gasteiger partial charge in [0.25, 0.3) is 4.80 Å². The fraction of sp³-hybridized carbons (Fsp3) is 0.667. The van der Waals surface area contributed by atoms with Gasteiger partial charge >= 0.3 is 0 Å². The number of aromatic nitrogens is 2. The fourth-order valence-corrected chi connectivity index (χ4v) is 1.28. The Balaban J connectivity index is 2.20. The van der Waals surface area contributed by atoms with Gasteiger partial charge in [0.1, 0.15) is 0 Å². The number of rotatable bonds is 1. The van der Waals surface area contributed by atoms with Crippen LogP contribution >= 0.6 is 15.9 Å². The molecule has 1 aromatic heterocycles. The molecule has 1 aliphatic rings. The Morgan fingerprint density at radius 2 is 2.30 bits per heavy atom. The number of halogens is 1. The molecule has 1 fully saturated rings. The van der Waals surface area contributed by atoms with Crippen molar-refractivity contribution in [2.24, 2.45) is 5.92 Å². The van der Waals surface area contributed by atoms with E-state index >= 15 is 0 Å². The van der Waals surface area contributed by atoms with Crippen molar-refractivity contribution in [1.82, 2.24) is 10.2 Å². The molecule has 1 saturated carbocycles. The minimum absolute atomic E-state index is 0.488. The van der Waals surface area contributed by atoms with E-state index in [0.29, 0.717) is 10.7 Å². The molecule has 2 atom stereocenters. The Bertz CT molecular complexity index is 248. The van der Waals surface area contributed by atoms with Crippen molar-refractivity contribution in [3.8, 4) is 0 Å². The highest BCUT2D eigenvalue weighted by atomic mass is 79.9. The first-order chi connectivity index (χ1) is 4.77. The van der Waals surface area contributed by atoms with Crippen LogP contribution in [0.5, 0.6) is 0 Å². The standard InChI is InChI=1S/C6H7BrN2O/c1-3-2-4(3)5-8-9-6(7)10-5/h3-4H,2H2,1H3. The second-order valence-corrected chi connectivity index (χ2v) is 3.39. The minimum atomic E-state index is 0.488. The Morgan fingerprint density at radius 3 is 2.70 bits per heavy atom. The lowest BCUT2D eigenvalue weighted by Crippen LogP contribution is -1.79. The van der Waals surface area contributed by atoms with E-state index in [4.69, 9.17) is 4.42 Å². The summed E-state index contributed by atoms with van der Waals surface area (Å²) in [4.78, 5) is 0.488. The predicted octanol–water partition coefficient (Wildman–Crippen LogP) is 1.96. The van der Waals surface area contributed by atoms with Gasteiger partial charge in [0.2, 0.25) is 5.89 Å². The summed E-state index contributed by atoms with van der Waals surface area (Å²) in [5, 5.41) is 7.58. The molecule has 1 aromatic rings. The van der Waals surface area contributed by atoms with Gasteiger partial charge in [-0.2, -0.15) is 0 Å². The van der Waals surface area contributed by atoms with Crippen LogP contribution in [-0.2, 0) is 0 Å². The molecule has 0 bridgehead atoms. The molecule has 3 nitrogen and oxygen atoms in total. The lowest BCUT2D eigenvalue weighted by molar-refractivity contribution is 0.468. The van der Waals surface area contributed by atoms with E-state index in [1.807, 2.05) is 0 Å². The largest absolute Gasteiger partial charge is 0.415 e. The van der Waals surface area contributed by atoms with Crippen molar-refractivity contribution >= 4 is 15.9 Å². The molecule has 2 unspecified atom stereocenters. The average Bonchev–Trinajstić information content (AvgIpc) is 2.42. The second kappa shape index (κ2) is 2.05. The highest BCUT2D eigenvalue weighted by Crippen LogP contribution is 2.46. The van der Waals surface area contributed by atoms with Crippen molar-refractivity contribution in [3.05, 3.63) is 10.7 Å². The molecule has 0 aliphatic heterocycles. The van der Waals surface area contributed by atoms with E-state index in [0.717, 1.165) is 11.8 Å². The molecule has 4 heteroatoms. The van der Waals surface area contributed by atoms with Crippen molar-refractivity contribution in [2.75, 3.05) is 0 Å². The number of hydrogen-bond donors (Lipinski definition) is 0. The summed E-state index contributed by atoms with van der Waals surface area (Å²) in [6.07, 6.45) is 1.19. The van der Waals surface area contributed by atoms with Gasteiger partial charge in [-0.3, -0.25) is 0 Å². The highest BCUT2D eigenvalue weighted by Gasteiger charge is 2.38. The molecule has 0 amide bonds. The summed E-state index contributed by atoms with van der Waals surface area (Å²) in [6.45, 7) is 2.18. The normalized spacial score (nSPS) is 30.6. The third kappa shape index (κ3) is 0.963. The van der Waals surface area contributed by atoms with Crippen LogP contribution in [0.25, 0.3) is 0 Å². The number of nitrogens with zero attached hydrogens (tertiary/aromatic N) is 2. The third-order valence-corrected chi connectivity index (χ3v) is 2.16. The van der Waals surface area contributed by atoms with Gasteiger partial charge in [0.15, 0.2) is 0 Å². The van der Waals surface area contributed by atoms with E-state index in [1.54, 1.807) is 0 Å². The van der Waals surface area contributed by atoms with E-state index < -0.39 is 0 Å². The van der Waals surface area contributed by atoms with Gasteiger partial charge in [-0.05, 0) is 12.3 Å². The topological polar surface area (TPSA) is 38.9 Å². The maximum atomic E-state index is 5.17. The smallest absolute Gasteiger partial charge is 0.284 e. The quantitative estimate of drug-likeness (QED) is 0.700. The second-order valence-electron chi connectivity index (χ2n) is 2.71. The SMILES string of the molecule is CC1CC1c1nnc(Br)o1. The molecule has 1 heterocycles. The molecule has 0 radical (unpaired) electrons. The fourth-order valence-electron chi connectivity index (χ4n) is 1.03. The van der Waals surface area contributed by atoms with Crippen LogP contribution in [0.1, 0.15) is 25.2 Å². The van der Waals surface area contributed by atoms with Gasteiger partial charge in [-0.25, -0.2) is 0 Å². The molecule has 0 N–H and O–H groups in total. The Kier molecular flexibility index (Phi) is 1.30. The average molecular weight is 203 g/mol. The molecule has 54 valence electrons. The van der Waals surface area contributed by atoms with Gasteiger partial charge in [0.05, 0.1) is 0 Å². The highest BCUT2D eigenvalue weighted by molar-refractivity contribution is 9.10. The first-order valence-electron chi connectivity index (χ1n) is 3.26. The number of hydrogen-bond acceptors (Lipinski definition) is 3. The first kappa shape index (κ1) is 6.34. The summed E-state index contributed by atoms with van der Waals surface area (Å²) in [6, 6.07) is 0. The van der Waals surface area contributed by atoms with E-state index in [1.165, 1.54) is 6.42 Å². The Hall–Kier alpha value is -0.380. The maximum absolute atomic E-state index is 5.17. The van der Waals surface area contributed by atoms with Crippen molar-refractivity contribution in [3.63, 3.8) is 0 Å². The summed E-state index contributed by atoms with van der Waals surface area (Å²) in [5.41, 5.74) is 0. The monoisotopic (exact) mass is 202 g/mol. The lowest BCUT2D eigenvalue weighted by Gasteiger charge is -1.83. The van der Waals surface area contributed by atoms with E-state index in [-0.39, 0.29) is 0 Å². The molecule has 0 aromatic carbocycles. The van der Waals surface area contributed by atoms with Crippen LogP contribution in [-0.4, -0.2) is 10.2 Å². The molecule has 1 aliphatic carbocycles. The van der Waals surface area contributed by atoms with Gasteiger partial charge in [0, 0.05) is 21.8 Å². The Labute approximate surface area is 67.0 Å². The molecule has 10 heavy (non-hydrogen) atoms. The van der Waals surface area contributed by atoms with Crippen LogP contribution in [0.4, 0.5) is 0 Å². The summed E-state index contributed by atoms with van der Waals surface area (Å²) >= 11 is 3.11. The van der Waals surface area contributed by atoms with Crippen molar-refractivity contribution in [1.29, 1.82) is 0 Å². The van der Waals surface area contributed by atoms with Crippen LogP contribution in [0.2, 0.25) is 0 Å². The lowest BCUT2D eigenvalue weighted by atomic mass is 10.3. The molecule has 2 rings (SSSR count). The van der Waals surface area contributed by atoms with Gasteiger partial charge in [-0.1, -0.05) is 6.92 Å². The van der Waals surface area contributed by atoms with E-state index in [9.17, 15) is 0 Å². The van der Waals surface area contributed by atoms with Crippen LogP contribution in [0.15, 0.2) is 9.22 Å². The zero-order valence-corrected chi connectivity index (χ0v) is 7.13. The molecule has 0 saturated heterocycles. The predicted molar refractivity (Wildman–Crippen MR) is 38.5 cm³/mol. The maximum Gasteiger partial charge on any atom is 0.284 e. The first-order valence-corrected chi connectivity index (χ1v) is 4.05.